The molecule has 5 rings (SSSR count). The summed E-state index contributed by atoms with van der Waals surface area (Å²) in [6, 6.07) is 4.07. The fourth-order valence-corrected chi connectivity index (χ4v) is 4.22. The number of nitrogens with zero attached hydrogens (tertiary/aromatic N) is 4. The molecule has 8 heteroatoms. The number of hydrazine groups is 1. The number of nitrogens with one attached hydrogen (secondary N) is 2. The van der Waals surface area contributed by atoms with Crippen LogP contribution in [0.2, 0.25) is 0 Å². The minimum atomic E-state index is 0.250. The maximum absolute atomic E-state index is 7.57. The summed E-state index contributed by atoms with van der Waals surface area (Å²) < 4.78 is 1.71. The molecule has 1 saturated carbocycles. The summed E-state index contributed by atoms with van der Waals surface area (Å²) in [4.78, 5) is 12.7. The third-order valence-corrected chi connectivity index (χ3v) is 5.93. The summed E-state index contributed by atoms with van der Waals surface area (Å²) in [7, 11) is 1.67. The normalized spacial score (nSPS) is 20.8. The highest BCUT2D eigenvalue weighted by atomic mass is 16.6. The summed E-state index contributed by atoms with van der Waals surface area (Å²) in [5.41, 5.74) is 6.16. The van der Waals surface area contributed by atoms with Crippen molar-refractivity contribution in [3.63, 3.8) is 0 Å². The van der Waals surface area contributed by atoms with Gasteiger partial charge in [0.05, 0.1) is 6.54 Å². The predicted octanol–water partition coefficient (Wildman–Crippen LogP) is 2.33. The number of rotatable bonds is 5. The van der Waals surface area contributed by atoms with Crippen molar-refractivity contribution in [1.29, 1.82) is 0 Å². The maximum atomic E-state index is 7.57. The Morgan fingerprint density at radius 3 is 2.61 bits per heavy atom. The van der Waals surface area contributed by atoms with Crippen molar-refractivity contribution in [2.75, 3.05) is 33.4 Å². The van der Waals surface area contributed by atoms with Crippen LogP contribution in [-0.4, -0.2) is 54.2 Å². The molecule has 1 aromatic rings. The molecule has 0 aromatic carbocycles. The van der Waals surface area contributed by atoms with Gasteiger partial charge in [0.15, 0.2) is 0 Å². The Kier molecular flexibility index (Phi) is 9.57. The zero-order valence-electron chi connectivity index (χ0n) is 20.7. The van der Waals surface area contributed by atoms with Crippen LogP contribution in [0.5, 0.6) is 0 Å². The zero-order chi connectivity index (χ0) is 23.6. The van der Waals surface area contributed by atoms with Crippen LogP contribution in [0.3, 0.4) is 0 Å². The number of fused-ring (bicyclic) bond motifs is 1. The first kappa shape index (κ1) is 25.1. The van der Waals surface area contributed by atoms with Crippen molar-refractivity contribution in [1.82, 2.24) is 20.7 Å². The molecule has 0 unspecified atom stereocenters. The Labute approximate surface area is 198 Å². The fraction of sp³-hybridized carbons (Fsp3) is 0.600. The van der Waals surface area contributed by atoms with Crippen LogP contribution in [-0.2, 0) is 6.54 Å². The second-order valence-corrected chi connectivity index (χ2v) is 8.27. The summed E-state index contributed by atoms with van der Waals surface area (Å²) in [6.07, 6.45) is 12.6. The monoisotopic (exact) mass is 457 g/mol. The molecule has 4 heterocycles. The van der Waals surface area contributed by atoms with Crippen LogP contribution in [0.1, 0.15) is 58.4 Å². The van der Waals surface area contributed by atoms with E-state index in [1.165, 1.54) is 49.3 Å². The number of piperidine rings is 1. The van der Waals surface area contributed by atoms with Crippen LogP contribution >= 0.6 is 0 Å². The Morgan fingerprint density at radius 1 is 1.21 bits per heavy atom. The Bertz CT molecular complexity index is 856. The lowest BCUT2D eigenvalue weighted by molar-refractivity contribution is -0.885. The Morgan fingerprint density at radius 2 is 1.94 bits per heavy atom. The van der Waals surface area contributed by atoms with Gasteiger partial charge in [-0.05, 0) is 56.6 Å². The van der Waals surface area contributed by atoms with Gasteiger partial charge in [0.2, 0.25) is 12.4 Å². The molecular weight excluding hydrogens is 416 g/mol. The number of hydrogen-bond donors (Lipinski definition) is 3. The van der Waals surface area contributed by atoms with Gasteiger partial charge in [-0.25, -0.2) is 10.4 Å². The van der Waals surface area contributed by atoms with Crippen LogP contribution < -0.4 is 20.3 Å². The van der Waals surface area contributed by atoms with E-state index in [-0.39, 0.29) is 6.61 Å². The molecule has 0 atom stereocenters. The van der Waals surface area contributed by atoms with E-state index in [0.717, 1.165) is 37.0 Å². The van der Waals surface area contributed by atoms with Crippen LogP contribution in [0.25, 0.3) is 0 Å². The maximum Gasteiger partial charge on any atom is 0.227 e. The quantitative estimate of drug-likeness (QED) is 0.590. The second kappa shape index (κ2) is 12.6. The fourth-order valence-electron chi connectivity index (χ4n) is 4.22. The van der Waals surface area contributed by atoms with Crippen molar-refractivity contribution in [2.45, 2.75) is 59.4 Å². The first-order chi connectivity index (χ1) is 16.2. The average molecular weight is 458 g/mol. The molecule has 33 heavy (non-hydrogen) atoms. The zero-order valence-corrected chi connectivity index (χ0v) is 20.7. The molecule has 0 amide bonds. The van der Waals surface area contributed by atoms with Crippen molar-refractivity contribution < 1.29 is 14.7 Å². The van der Waals surface area contributed by atoms with Crippen LogP contribution in [0.4, 0.5) is 0 Å². The average Bonchev–Trinajstić information content (AvgIpc) is 3.63. The number of aliphatic hydroxyl groups is 1. The smallest absolute Gasteiger partial charge is 0.227 e. The highest BCUT2D eigenvalue weighted by Gasteiger charge is 2.38. The SMILES string of the molecule is CC.CCO.CO[n+]1cccc(CN=C2C=C(N3CCCCC3)NC3=C(C4CC4)CNN23)c1. The lowest BCUT2D eigenvalue weighted by Crippen LogP contribution is -2.48. The van der Waals surface area contributed by atoms with Crippen molar-refractivity contribution in [3.8, 4) is 0 Å². The summed E-state index contributed by atoms with van der Waals surface area (Å²) in [6.45, 7) is 9.71. The largest absolute Gasteiger partial charge is 0.397 e. The number of amidine groups is 1. The third kappa shape index (κ3) is 6.48. The van der Waals surface area contributed by atoms with Gasteiger partial charge in [0.25, 0.3) is 0 Å². The molecule has 8 nitrogen and oxygen atoms in total. The van der Waals surface area contributed by atoms with E-state index in [4.69, 9.17) is 14.9 Å². The lowest BCUT2D eigenvalue weighted by atomic mass is 10.1. The summed E-state index contributed by atoms with van der Waals surface area (Å²) in [5.74, 6) is 4.13. The van der Waals surface area contributed by atoms with Gasteiger partial charge in [-0.2, -0.15) is 0 Å². The number of pyridine rings is 1. The number of aliphatic hydroxyl groups excluding tert-OH is 1. The molecule has 0 spiro atoms. The van der Waals surface area contributed by atoms with Gasteiger partial charge in [-0.1, -0.05) is 13.8 Å². The van der Waals surface area contributed by atoms with Gasteiger partial charge >= 0.3 is 0 Å². The molecule has 3 N–H and O–H groups in total. The van der Waals surface area contributed by atoms with Gasteiger partial charge in [0, 0.05) is 48.7 Å². The molecular formula is C25H41N6O2+. The predicted molar refractivity (Wildman–Crippen MR) is 131 cm³/mol. The van der Waals surface area contributed by atoms with Crippen LogP contribution in [0.15, 0.2) is 52.8 Å². The Hall–Kier alpha value is -2.58. The van der Waals surface area contributed by atoms with E-state index in [0.29, 0.717) is 6.54 Å². The minimum Gasteiger partial charge on any atom is -0.397 e. The topological polar surface area (TPSA) is 76.2 Å². The van der Waals surface area contributed by atoms with E-state index in [1.807, 2.05) is 32.3 Å². The lowest BCUT2D eigenvalue weighted by Gasteiger charge is -2.37. The van der Waals surface area contributed by atoms with E-state index in [9.17, 15) is 0 Å². The molecule has 1 aromatic heterocycles. The molecule has 2 fully saturated rings. The van der Waals surface area contributed by atoms with Crippen molar-refractivity contribution in [3.05, 3.63) is 53.4 Å². The number of aromatic nitrogens is 1. The summed E-state index contributed by atoms with van der Waals surface area (Å²) >= 11 is 0. The molecule has 0 bridgehead atoms. The minimum absolute atomic E-state index is 0.250. The number of aliphatic imine (C=N–C) groups is 1. The van der Waals surface area contributed by atoms with Gasteiger partial charge in [0.1, 0.15) is 24.6 Å². The molecule has 3 aliphatic heterocycles. The second-order valence-electron chi connectivity index (χ2n) is 8.27. The standard InChI is InChI=1S/C21H29N6O.C2H6O.C2H6/c1-28-26-11-5-6-16(15-26)13-22-19-12-20(25-9-3-2-4-10-25)24-21-18(17-7-8-17)14-23-27(19)21;1-2-3;1-2/h5-6,11-12,15,17,23-24H,2-4,7-10,13-14H2,1H3;3H,2H2,1H3;1-2H3/q+1;;. The van der Waals surface area contributed by atoms with Gasteiger partial charge in [-0.15, -0.1) is 0 Å². The first-order valence-corrected chi connectivity index (χ1v) is 12.4. The van der Waals surface area contributed by atoms with Gasteiger partial charge < -0.3 is 15.3 Å². The van der Waals surface area contributed by atoms with Gasteiger partial charge in [-0.3, -0.25) is 9.83 Å². The van der Waals surface area contributed by atoms with E-state index in [2.05, 4.69) is 32.8 Å². The molecule has 1 aliphatic carbocycles. The van der Waals surface area contributed by atoms with Crippen molar-refractivity contribution in [2.24, 2.45) is 10.9 Å². The van der Waals surface area contributed by atoms with Crippen molar-refractivity contribution >= 4 is 5.84 Å². The highest BCUT2D eigenvalue weighted by Crippen LogP contribution is 2.40. The number of hydrogen-bond acceptors (Lipinski definition) is 6. The third-order valence-electron chi connectivity index (χ3n) is 5.93. The summed E-state index contributed by atoms with van der Waals surface area (Å²) in [5, 5.41) is 13.4. The molecule has 4 aliphatic rings. The number of likely N-dealkylation sites (tertiary alicyclic amines) is 1. The van der Waals surface area contributed by atoms with Crippen LogP contribution in [0, 0.1) is 5.92 Å². The Balaban J connectivity index is 0.000000569. The first-order valence-electron chi connectivity index (χ1n) is 12.4. The van der Waals surface area contributed by atoms with E-state index in [1.54, 1.807) is 18.8 Å². The van der Waals surface area contributed by atoms with E-state index < -0.39 is 0 Å². The molecule has 0 radical (unpaired) electrons. The highest BCUT2D eigenvalue weighted by molar-refractivity contribution is 5.95. The molecule has 1 saturated heterocycles. The molecule has 182 valence electrons. The van der Waals surface area contributed by atoms with E-state index >= 15 is 0 Å².